The third kappa shape index (κ3) is 3.80. The highest BCUT2D eigenvalue weighted by Gasteiger charge is 2.21. The molecule has 2 aromatic heterocycles. The number of hydrogen-bond donors (Lipinski definition) is 3. The molecule has 0 saturated heterocycles. The molecule has 0 aliphatic carbocycles. The zero-order valence-corrected chi connectivity index (χ0v) is 16.0. The van der Waals surface area contributed by atoms with Crippen LogP contribution in [0.5, 0.6) is 0 Å². The first-order valence-corrected chi connectivity index (χ1v) is 9.08. The molecule has 0 bridgehead atoms. The Balaban J connectivity index is 2.04. The number of hydrogen-bond acceptors (Lipinski definition) is 7. The minimum atomic E-state index is -0.595. The fraction of sp³-hybridized carbons (Fsp3) is 0.278. The largest absolute Gasteiger partial charge is 0.382 e. The van der Waals surface area contributed by atoms with Gasteiger partial charge in [-0.1, -0.05) is 17.7 Å². The summed E-state index contributed by atoms with van der Waals surface area (Å²) in [5.74, 6) is -0.0982. The molecule has 1 unspecified atom stereocenters. The Morgan fingerprint density at radius 3 is 2.79 bits per heavy atom. The van der Waals surface area contributed by atoms with Crippen molar-refractivity contribution in [2.45, 2.75) is 25.9 Å². The third-order valence-electron chi connectivity index (χ3n) is 4.22. The van der Waals surface area contributed by atoms with Crippen LogP contribution >= 0.6 is 11.6 Å². The van der Waals surface area contributed by atoms with Gasteiger partial charge in [0.15, 0.2) is 11.5 Å². The third-order valence-corrected chi connectivity index (χ3v) is 4.54. The van der Waals surface area contributed by atoms with E-state index in [9.17, 15) is 9.59 Å². The van der Waals surface area contributed by atoms with E-state index in [0.29, 0.717) is 41.3 Å². The fourth-order valence-electron chi connectivity index (χ4n) is 2.89. The Morgan fingerprint density at radius 2 is 2.07 bits per heavy atom. The molecule has 28 heavy (non-hydrogen) atoms. The molecule has 146 valence electrons. The smallest absolute Gasteiger partial charge is 0.274 e. The number of fused-ring (bicyclic) bond motifs is 1. The molecular formula is C18H20ClN7O2. The first-order valence-electron chi connectivity index (χ1n) is 8.70. The summed E-state index contributed by atoms with van der Waals surface area (Å²) in [5, 5.41) is 3.43. The van der Waals surface area contributed by atoms with Crippen LogP contribution in [0.1, 0.15) is 35.7 Å². The SMILES string of the molecule is CC(NC(=O)c1nccnc1N)c1nc2cccc(Cl)c2c(=O)n1CCCN. The lowest BCUT2D eigenvalue weighted by molar-refractivity contribution is 0.0933. The van der Waals surface area contributed by atoms with Crippen molar-refractivity contribution in [1.82, 2.24) is 24.8 Å². The first kappa shape index (κ1) is 19.7. The minimum absolute atomic E-state index is 0.00837. The number of amides is 1. The number of anilines is 1. The number of nitrogens with zero attached hydrogens (tertiary/aromatic N) is 4. The van der Waals surface area contributed by atoms with Gasteiger partial charge in [0.05, 0.1) is 22.0 Å². The second-order valence-electron chi connectivity index (χ2n) is 6.19. The van der Waals surface area contributed by atoms with Gasteiger partial charge >= 0.3 is 0 Å². The van der Waals surface area contributed by atoms with Crippen molar-refractivity contribution in [3.05, 3.63) is 57.5 Å². The zero-order chi connectivity index (χ0) is 20.3. The van der Waals surface area contributed by atoms with E-state index in [1.807, 2.05) is 0 Å². The molecule has 0 fully saturated rings. The number of halogens is 1. The number of benzene rings is 1. The van der Waals surface area contributed by atoms with E-state index in [0.717, 1.165) is 0 Å². The molecule has 1 amide bonds. The molecule has 9 nitrogen and oxygen atoms in total. The fourth-order valence-corrected chi connectivity index (χ4v) is 3.14. The number of nitrogen functional groups attached to an aromatic ring is 1. The molecule has 2 heterocycles. The van der Waals surface area contributed by atoms with Crippen molar-refractivity contribution in [1.29, 1.82) is 0 Å². The van der Waals surface area contributed by atoms with Gasteiger partial charge in [0.1, 0.15) is 5.82 Å². The Hall–Kier alpha value is -3.04. The van der Waals surface area contributed by atoms with Gasteiger partial charge in [-0.3, -0.25) is 14.2 Å². The quantitative estimate of drug-likeness (QED) is 0.564. The summed E-state index contributed by atoms with van der Waals surface area (Å²) in [4.78, 5) is 37.9. The van der Waals surface area contributed by atoms with Crippen LogP contribution in [0.25, 0.3) is 10.9 Å². The molecule has 0 spiro atoms. The second kappa shape index (κ2) is 8.32. The average Bonchev–Trinajstić information content (AvgIpc) is 2.67. The Bertz CT molecular complexity index is 1080. The molecule has 3 rings (SSSR count). The summed E-state index contributed by atoms with van der Waals surface area (Å²) in [6.45, 7) is 2.48. The number of aromatic nitrogens is 4. The Morgan fingerprint density at radius 1 is 1.32 bits per heavy atom. The molecule has 1 atom stereocenters. The second-order valence-corrected chi connectivity index (χ2v) is 6.60. The topological polar surface area (TPSA) is 142 Å². The maximum absolute atomic E-state index is 13.0. The van der Waals surface area contributed by atoms with E-state index >= 15 is 0 Å². The van der Waals surface area contributed by atoms with Crippen molar-refractivity contribution in [2.75, 3.05) is 12.3 Å². The van der Waals surface area contributed by atoms with Gasteiger partial charge in [0.25, 0.3) is 11.5 Å². The molecule has 0 aliphatic rings. The maximum Gasteiger partial charge on any atom is 0.274 e. The van der Waals surface area contributed by atoms with E-state index < -0.39 is 11.9 Å². The standard InChI is InChI=1S/C18H20ClN7O2/c1-10(24-17(27)14-15(21)23-8-7-22-14)16-25-12-5-2-4-11(19)13(12)18(28)26(16)9-3-6-20/h2,4-5,7-8,10H,3,6,9,20H2,1H3,(H2,21,23)(H,24,27). The van der Waals surface area contributed by atoms with Crippen LogP contribution in [-0.4, -0.2) is 32.0 Å². The van der Waals surface area contributed by atoms with E-state index in [4.69, 9.17) is 23.1 Å². The molecule has 1 aromatic carbocycles. The van der Waals surface area contributed by atoms with Gasteiger partial charge in [-0.15, -0.1) is 0 Å². The van der Waals surface area contributed by atoms with Gasteiger partial charge in [-0.2, -0.15) is 0 Å². The van der Waals surface area contributed by atoms with Gasteiger partial charge in [0, 0.05) is 18.9 Å². The predicted molar refractivity (Wildman–Crippen MR) is 107 cm³/mol. The van der Waals surface area contributed by atoms with Crippen LogP contribution in [0.4, 0.5) is 5.82 Å². The van der Waals surface area contributed by atoms with Crippen LogP contribution in [-0.2, 0) is 6.54 Å². The lowest BCUT2D eigenvalue weighted by Crippen LogP contribution is -2.35. The lowest BCUT2D eigenvalue weighted by Gasteiger charge is -2.19. The van der Waals surface area contributed by atoms with Crippen LogP contribution in [0.2, 0.25) is 5.02 Å². The van der Waals surface area contributed by atoms with E-state index in [1.54, 1.807) is 25.1 Å². The maximum atomic E-state index is 13.0. The van der Waals surface area contributed by atoms with Crippen molar-refractivity contribution in [3.63, 3.8) is 0 Å². The number of carbonyl (C=O) groups is 1. The predicted octanol–water partition coefficient (Wildman–Crippen LogP) is 1.26. The van der Waals surface area contributed by atoms with Crippen LogP contribution < -0.4 is 22.3 Å². The minimum Gasteiger partial charge on any atom is -0.382 e. The number of nitrogens with two attached hydrogens (primary N) is 2. The van der Waals surface area contributed by atoms with Crippen molar-refractivity contribution < 1.29 is 4.79 Å². The Labute approximate surface area is 165 Å². The van der Waals surface area contributed by atoms with Gasteiger partial charge in [0.2, 0.25) is 0 Å². The molecule has 0 aliphatic heterocycles. The zero-order valence-electron chi connectivity index (χ0n) is 15.2. The summed E-state index contributed by atoms with van der Waals surface area (Å²) in [7, 11) is 0. The van der Waals surface area contributed by atoms with Crippen LogP contribution in [0.15, 0.2) is 35.4 Å². The van der Waals surface area contributed by atoms with Gasteiger partial charge < -0.3 is 16.8 Å². The van der Waals surface area contributed by atoms with Crippen molar-refractivity contribution in [3.8, 4) is 0 Å². The van der Waals surface area contributed by atoms with Crippen LogP contribution in [0.3, 0.4) is 0 Å². The monoisotopic (exact) mass is 401 g/mol. The summed E-state index contributed by atoms with van der Waals surface area (Å²) in [6.07, 6.45) is 3.35. The average molecular weight is 402 g/mol. The molecule has 0 radical (unpaired) electrons. The molecule has 5 N–H and O–H groups in total. The van der Waals surface area contributed by atoms with Gasteiger partial charge in [-0.05, 0) is 32.0 Å². The van der Waals surface area contributed by atoms with Gasteiger partial charge in [-0.25, -0.2) is 15.0 Å². The van der Waals surface area contributed by atoms with Crippen molar-refractivity contribution >= 4 is 34.2 Å². The number of carbonyl (C=O) groups excluding carboxylic acids is 1. The van der Waals surface area contributed by atoms with Crippen molar-refractivity contribution in [2.24, 2.45) is 5.73 Å². The molecule has 3 aromatic rings. The molecular weight excluding hydrogens is 382 g/mol. The summed E-state index contributed by atoms with van der Waals surface area (Å²) < 4.78 is 1.49. The number of rotatable bonds is 6. The highest BCUT2D eigenvalue weighted by atomic mass is 35.5. The summed E-state index contributed by atoms with van der Waals surface area (Å²) in [5.41, 5.74) is 11.5. The highest BCUT2D eigenvalue weighted by molar-refractivity contribution is 6.35. The Kier molecular flexibility index (Phi) is 5.86. The summed E-state index contributed by atoms with van der Waals surface area (Å²) >= 11 is 6.21. The highest BCUT2D eigenvalue weighted by Crippen LogP contribution is 2.21. The van der Waals surface area contributed by atoms with Crippen LogP contribution in [0, 0.1) is 0 Å². The normalized spacial score (nSPS) is 12.1. The van der Waals surface area contributed by atoms with E-state index in [1.165, 1.54) is 17.0 Å². The summed E-state index contributed by atoms with van der Waals surface area (Å²) in [6, 6.07) is 4.47. The first-order chi connectivity index (χ1) is 13.4. The van der Waals surface area contributed by atoms with E-state index in [2.05, 4.69) is 20.3 Å². The molecule has 10 heteroatoms. The molecule has 0 saturated carbocycles. The number of nitrogens with one attached hydrogen (secondary N) is 1. The lowest BCUT2D eigenvalue weighted by atomic mass is 10.2. The van der Waals surface area contributed by atoms with E-state index in [-0.39, 0.29) is 17.1 Å².